The molecule has 0 N–H and O–H groups in total. The molecule has 3 rings (SSSR count). The predicted octanol–water partition coefficient (Wildman–Crippen LogP) is -1.28. The summed E-state index contributed by atoms with van der Waals surface area (Å²) >= 11 is 0. The summed E-state index contributed by atoms with van der Waals surface area (Å²) in [4.78, 5) is 13.1. The summed E-state index contributed by atoms with van der Waals surface area (Å²) in [6.45, 7) is 0.700. The summed E-state index contributed by atoms with van der Waals surface area (Å²) in [7, 11) is -2.95. The molecule has 9 heteroatoms. The minimum atomic E-state index is -4.49. The number of hydrogen-bond donors (Lipinski definition) is 0. The van der Waals surface area contributed by atoms with Crippen LogP contribution in [0.1, 0.15) is 0 Å². The van der Waals surface area contributed by atoms with E-state index in [0.717, 1.165) is 5.39 Å². The van der Waals surface area contributed by atoms with E-state index >= 15 is 0 Å². The number of methoxy groups -OCH3 is 1. The molecule has 24 heavy (non-hydrogen) atoms. The van der Waals surface area contributed by atoms with Crippen molar-refractivity contribution in [1.29, 1.82) is 0 Å². The quantitative estimate of drug-likeness (QED) is 0.498. The minimum absolute atomic E-state index is 0. The van der Waals surface area contributed by atoms with E-state index in [4.69, 9.17) is 9.47 Å². The molecule has 0 spiro atoms. The van der Waals surface area contributed by atoms with Crippen molar-refractivity contribution >= 4 is 32.7 Å². The van der Waals surface area contributed by atoms with Crippen LogP contribution in [0.2, 0.25) is 0 Å². The monoisotopic (exact) mass is 359 g/mol. The smallest absolute Gasteiger partial charge is 0.744 e. The van der Waals surface area contributed by atoms with E-state index in [1.54, 1.807) is 18.2 Å². The molecule has 1 amide bonds. The third-order valence-electron chi connectivity index (χ3n) is 3.62. The molecule has 1 unspecified atom stereocenters. The molecule has 7 nitrogen and oxygen atoms in total. The average molecular weight is 359 g/mol. The van der Waals surface area contributed by atoms with Crippen LogP contribution < -0.4 is 34.5 Å². The second kappa shape index (κ2) is 7.38. The van der Waals surface area contributed by atoms with E-state index in [1.807, 2.05) is 0 Å². The van der Waals surface area contributed by atoms with Crippen molar-refractivity contribution in [2.24, 2.45) is 0 Å². The summed E-state index contributed by atoms with van der Waals surface area (Å²) in [5, 5.41) is 1.32. The fourth-order valence-electron chi connectivity index (χ4n) is 2.54. The van der Waals surface area contributed by atoms with Gasteiger partial charge >= 0.3 is 35.7 Å². The average Bonchev–Trinajstić information content (AvgIpc) is 2.86. The Balaban J connectivity index is 0.00000208. The fraction of sp³-hybridized carbons (Fsp3) is 0.267. The maximum Gasteiger partial charge on any atom is 1.00 e. The third-order valence-corrected chi connectivity index (χ3v) is 4.45. The molecule has 1 atom stereocenters. The summed E-state index contributed by atoms with van der Waals surface area (Å²) < 4.78 is 43.3. The molecule has 0 saturated carbocycles. The first kappa shape index (κ1) is 19.2. The molecule has 0 aromatic heterocycles. The third kappa shape index (κ3) is 3.90. The SMILES string of the molecule is COCC1CN(c2ccc3cc(S(=O)(=O)[O-])ccc3c2)C(=O)O1.[Na+]. The van der Waals surface area contributed by atoms with E-state index in [0.29, 0.717) is 24.2 Å². The van der Waals surface area contributed by atoms with Gasteiger partial charge in [0, 0.05) is 12.8 Å². The molecule has 1 fully saturated rings. The van der Waals surface area contributed by atoms with Crippen molar-refractivity contribution < 1.29 is 56.8 Å². The van der Waals surface area contributed by atoms with Crippen LogP contribution in [0.4, 0.5) is 10.5 Å². The molecule has 1 aliphatic heterocycles. The number of ether oxygens (including phenoxy) is 2. The standard InChI is InChI=1S/C15H15NO6S.Na/c1-21-9-13-8-16(15(17)22-13)12-4-2-11-7-14(23(18,19)20)5-3-10(11)6-12;/h2-7,13H,8-9H2,1H3,(H,18,19,20);/q;+1/p-1. The molecule has 2 aromatic rings. The summed E-state index contributed by atoms with van der Waals surface area (Å²) in [5.41, 5.74) is 0.638. The van der Waals surface area contributed by atoms with Crippen LogP contribution in [-0.4, -0.2) is 45.4 Å². The van der Waals surface area contributed by atoms with Gasteiger partial charge in [0.25, 0.3) is 0 Å². The number of amides is 1. The summed E-state index contributed by atoms with van der Waals surface area (Å²) in [6, 6.07) is 9.20. The molecule has 1 heterocycles. The van der Waals surface area contributed by atoms with Gasteiger partial charge in [-0.2, -0.15) is 0 Å². The second-order valence-corrected chi connectivity index (χ2v) is 6.60. The molecule has 2 aromatic carbocycles. The Labute approximate surface area is 161 Å². The Morgan fingerprint density at radius 1 is 1.25 bits per heavy atom. The Hall–Kier alpha value is -1.16. The Bertz CT molecular complexity index is 869. The minimum Gasteiger partial charge on any atom is -0.744 e. The molecule has 0 aliphatic carbocycles. The van der Waals surface area contributed by atoms with Gasteiger partial charge in [-0.05, 0) is 35.0 Å². The van der Waals surface area contributed by atoms with Gasteiger partial charge in [0.2, 0.25) is 0 Å². The number of rotatable bonds is 4. The molecule has 1 aliphatic rings. The van der Waals surface area contributed by atoms with Gasteiger partial charge in [0.1, 0.15) is 16.2 Å². The number of carbonyl (C=O) groups excluding carboxylic acids is 1. The topological polar surface area (TPSA) is 96.0 Å². The van der Waals surface area contributed by atoms with Crippen LogP contribution >= 0.6 is 0 Å². The van der Waals surface area contributed by atoms with E-state index < -0.39 is 16.2 Å². The zero-order chi connectivity index (χ0) is 16.6. The molecular formula is C15H14NNaO6S. The van der Waals surface area contributed by atoms with Crippen molar-refractivity contribution in [3.05, 3.63) is 36.4 Å². The van der Waals surface area contributed by atoms with Crippen molar-refractivity contribution in [3.63, 3.8) is 0 Å². The van der Waals surface area contributed by atoms with Gasteiger partial charge in [-0.1, -0.05) is 12.1 Å². The van der Waals surface area contributed by atoms with Crippen LogP contribution in [0, 0.1) is 0 Å². The van der Waals surface area contributed by atoms with E-state index in [1.165, 1.54) is 30.2 Å². The number of benzene rings is 2. The zero-order valence-corrected chi connectivity index (χ0v) is 16.1. The van der Waals surface area contributed by atoms with Gasteiger partial charge in [-0.15, -0.1) is 0 Å². The number of fused-ring (bicyclic) bond motifs is 1. The van der Waals surface area contributed by atoms with Crippen molar-refractivity contribution in [3.8, 4) is 0 Å². The van der Waals surface area contributed by atoms with Gasteiger partial charge in [0.15, 0.2) is 0 Å². The van der Waals surface area contributed by atoms with Gasteiger partial charge in [-0.25, -0.2) is 13.2 Å². The van der Waals surface area contributed by atoms with Crippen LogP contribution in [0.5, 0.6) is 0 Å². The van der Waals surface area contributed by atoms with Crippen molar-refractivity contribution in [2.45, 2.75) is 11.0 Å². The number of nitrogens with zero attached hydrogens (tertiary/aromatic N) is 1. The van der Waals surface area contributed by atoms with Gasteiger partial charge < -0.3 is 14.0 Å². The van der Waals surface area contributed by atoms with Crippen molar-refractivity contribution in [1.82, 2.24) is 0 Å². The van der Waals surface area contributed by atoms with Crippen molar-refractivity contribution in [2.75, 3.05) is 25.2 Å². The number of hydrogen-bond acceptors (Lipinski definition) is 6. The predicted molar refractivity (Wildman–Crippen MR) is 81.4 cm³/mol. The van der Waals surface area contributed by atoms with Gasteiger partial charge in [-0.3, -0.25) is 4.90 Å². The Morgan fingerprint density at radius 3 is 2.58 bits per heavy atom. The first-order valence-corrected chi connectivity index (χ1v) is 8.26. The summed E-state index contributed by atoms with van der Waals surface area (Å²) in [5.74, 6) is 0. The van der Waals surface area contributed by atoms with Crippen LogP contribution in [-0.2, 0) is 19.6 Å². The molecular weight excluding hydrogens is 345 g/mol. The normalized spacial score (nSPS) is 17.7. The fourth-order valence-corrected chi connectivity index (χ4v) is 3.05. The maximum absolute atomic E-state index is 11.9. The number of anilines is 1. The zero-order valence-electron chi connectivity index (χ0n) is 13.3. The molecule has 1 saturated heterocycles. The first-order chi connectivity index (χ1) is 10.9. The van der Waals surface area contributed by atoms with E-state index in [2.05, 4.69) is 0 Å². The van der Waals surface area contributed by atoms with Crippen LogP contribution in [0.15, 0.2) is 41.3 Å². The molecule has 0 radical (unpaired) electrons. The summed E-state index contributed by atoms with van der Waals surface area (Å²) in [6.07, 6.45) is -0.777. The number of cyclic esters (lactones) is 1. The van der Waals surface area contributed by atoms with Gasteiger partial charge in [0.05, 0.1) is 18.0 Å². The first-order valence-electron chi connectivity index (χ1n) is 6.85. The van der Waals surface area contributed by atoms with Crippen LogP contribution in [0.3, 0.4) is 0 Å². The maximum atomic E-state index is 11.9. The van der Waals surface area contributed by atoms with Crippen LogP contribution in [0.25, 0.3) is 10.8 Å². The Kier molecular flexibility index (Phi) is 5.90. The van der Waals surface area contributed by atoms with E-state index in [9.17, 15) is 17.8 Å². The largest absolute Gasteiger partial charge is 1.00 e. The second-order valence-electron chi connectivity index (χ2n) is 5.22. The Morgan fingerprint density at radius 2 is 1.92 bits per heavy atom. The number of carbonyl (C=O) groups is 1. The van der Waals surface area contributed by atoms with E-state index in [-0.39, 0.29) is 40.6 Å². The molecule has 0 bridgehead atoms. The molecule has 122 valence electrons.